The van der Waals surface area contributed by atoms with Gasteiger partial charge in [0.15, 0.2) is 29.7 Å². The smallest absolute Gasteiger partial charge is 0.262 e. The molecule has 7 nitrogen and oxygen atoms in total. The minimum atomic E-state index is -0.551. The molecule has 5 rings (SSSR count). The van der Waals surface area contributed by atoms with Crippen LogP contribution in [0.3, 0.4) is 0 Å². The summed E-state index contributed by atoms with van der Waals surface area (Å²) in [6.45, 7) is 15.1. The Balaban J connectivity index is 1.57. The number of carbonyl (C=O) groups excluding carboxylic acids is 3. The van der Waals surface area contributed by atoms with Gasteiger partial charge in [0.2, 0.25) is 0 Å². The number of para-hydroxylation sites is 1. The van der Waals surface area contributed by atoms with Crippen molar-refractivity contribution in [3.8, 4) is 11.5 Å². The lowest BCUT2D eigenvalue weighted by Gasteiger charge is -2.49. The van der Waals surface area contributed by atoms with E-state index in [4.69, 9.17) is 21.1 Å². The minimum absolute atomic E-state index is 0.0613. The quantitative estimate of drug-likeness (QED) is 0.325. The van der Waals surface area contributed by atoms with Gasteiger partial charge in [0.05, 0.1) is 11.6 Å². The summed E-state index contributed by atoms with van der Waals surface area (Å²) in [5.41, 5.74) is 5.36. The second kappa shape index (κ2) is 12.1. The van der Waals surface area contributed by atoms with E-state index < -0.39 is 5.92 Å². The molecule has 234 valence electrons. The molecule has 1 heterocycles. The number of nitrogens with one attached hydrogen (secondary N) is 1. The van der Waals surface area contributed by atoms with E-state index in [1.54, 1.807) is 6.07 Å². The van der Waals surface area contributed by atoms with Crippen molar-refractivity contribution < 1.29 is 23.9 Å². The Bertz CT molecular complexity index is 1530. The first-order valence-electron chi connectivity index (χ1n) is 15.5. The lowest BCUT2D eigenvalue weighted by molar-refractivity contribution is -0.120. The van der Waals surface area contributed by atoms with Crippen LogP contribution in [0.5, 0.6) is 11.5 Å². The highest BCUT2D eigenvalue weighted by Crippen LogP contribution is 2.55. The van der Waals surface area contributed by atoms with E-state index in [9.17, 15) is 14.4 Å². The number of hydrogen-bond acceptors (Lipinski definition) is 6. The lowest BCUT2D eigenvalue weighted by Crippen LogP contribution is -2.44. The fourth-order valence-electron chi connectivity index (χ4n) is 6.96. The fraction of sp³-hybridized carbons (Fsp3) is 0.472. The zero-order valence-corrected chi connectivity index (χ0v) is 27.6. The highest BCUT2D eigenvalue weighted by molar-refractivity contribution is 6.32. The third kappa shape index (κ3) is 6.16. The molecule has 0 unspecified atom stereocenters. The van der Waals surface area contributed by atoms with Gasteiger partial charge in [-0.15, -0.1) is 0 Å². The summed E-state index contributed by atoms with van der Waals surface area (Å²) in [5.74, 6) is -0.140. The van der Waals surface area contributed by atoms with Gasteiger partial charge in [-0.25, -0.2) is 0 Å². The van der Waals surface area contributed by atoms with Gasteiger partial charge in [0, 0.05) is 53.5 Å². The lowest BCUT2D eigenvalue weighted by atomic mass is 9.63. The van der Waals surface area contributed by atoms with E-state index in [2.05, 4.69) is 44.8 Å². The molecule has 0 aromatic heterocycles. The largest absolute Gasteiger partial charge is 0.490 e. The van der Waals surface area contributed by atoms with E-state index in [-0.39, 0.29) is 45.7 Å². The van der Waals surface area contributed by atoms with Crippen LogP contribution in [-0.2, 0) is 14.4 Å². The predicted octanol–water partition coefficient (Wildman–Crippen LogP) is 7.77. The third-order valence-electron chi connectivity index (χ3n) is 8.77. The van der Waals surface area contributed by atoms with Crippen molar-refractivity contribution in [1.29, 1.82) is 0 Å². The normalized spacial score (nSPS) is 19.5. The average molecular weight is 619 g/mol. The second-order valence-corrected chi connectivity index (χ2v) is 14.1. The molecule has 0 spiro atoms. The van der Waals surface area contributed by atoms with E-state index in [1.165, 1.54) is 0 Å². The van der Waals surface area contributed by atoms with Crippen LogP contribution in [0.1, 0.15) is 84.3 Å². The summed E-state index contributed by atoms with van der Waals surface area (Å²) < 4.78 is 11.9. The summed E-state index contributed by atoms with van der Waals surface area (Å²) in [4.78, 5) is 42.9. The Labute approximate surface area is 265 Å². The number of amides is 1. The average Bonchev–Trinajstić information content (AvgIpc) is 2.91. The number of allylic oxidation sites excluding steroid dienone is 4. The standard InChI is InChI=1S/C36H43ClN2O5/c1-8-39-25-16-35(4,5)18-27(40)32(25)31(33-26(39)17-36(6,7)19-28(33)41)22-14-23(37)34(29(15-22)43-9-2)44-20-30(42)38-24-13-11-10-12-21(24)3/h10-15,31H,8-9,16-20H2,1-7H3,(H,38,42). The summed E-state index contributed by atoms with van der Waals surface area (Å²) in [7, 11) is 0. The van der Waals surface area contributed by atoms with Gasteiger partial charge >= 0.3 is 0 Å². The van der Waals surface area contributed by atoms with Crippen LogP contribution in [0.2, 0.25) is 5.02 Å². The Hall–Kier alpha value is -3.58. The summed E-state index contributed by atoms with van der Waals surface area (Å²) in [6, 6.07) is 11.1. The van der Waals surface area contributed by atoms with Gasteiger partial charge in [0.25, 0.3) is 5.91 Å². The third-order valence-corrected chi connectivity index (χ3v) is 9.05. The Kier molecular flexibility index (Phi) is 8.74. The van der Waals surface area contributed by atoms with Crippen molar-refractivity contribution in [3.05, 3.63) is 75.1 Å². The molecule has 1 N–H and O–H groups in total. The van der Waals surface area contributed by atoms with Gasteiger partial charge in [-0.1, -0.05) is 57.5 Å². The first-order valence-corrected chi connectivity index (χ1v) is 15.9. The number of ketones is 2. The van der Waals surface area contributed by atoms with Crippen LogP contribution in [0.4, 0.5) is 5.69 Å². The number of Topliss-reactive ketones (excluding diaryl/α,β-unsaturated/α-hetero) is 2. The molecule has 0 radical (unpaired) electrons. The molecule has 0 atom stereocenters. The monoisotopic (exact) mass is 618 g/mol. The number of nitrogens with zero attached hydrogens (tertiary/aromatic N) is 1. The van der Waals surface area contributed by atoms with Gasteiger partial charge in [0.1, 0.15) is 0 Å². The summed E-state index contributed by atoms with van der Waals surface area (Å²) in [6.07, 6.45) is 2.30. The van der Waals surface area contributed by atoms with Crippen LogP contribution in [-0.4, -0.2) is 42.1 Å². The van der Waals surface area contributed by atoms with Gasteiger partial charge < -0.3 is 19.7 Å². The Morgan fingerprint density at radius 3 is 2.07 bits per heavy atom. The maximum atomic E-state index is 14.0. The number of carbonyl (C=O) groups is 3. The molecule has 2 aromatic rings. The maximum absolute atomic E-state index is 14.0. The van der Waals surface area contributed by atoms with Gasteiger partial charge in [-0.2, -0.15) is 0 Å². The highest BCUT2D eigenvalue weighted by atomic mass is 35.5. The van der Waals surface area contributed by atoms with Gasteiger partial charge in [-0.05, 0) is 73.8 Å². The van der Waals surface area contributed by atoms with E-state index >= 15 is 0 Å². The molecule has 0 bridgehead atoms. The van der Waals surface area contributed by atoms with Crippen molar-refractivity contribution in [2.24, 2.45) is 10.8 Å². The molecule has 3 aliphatic rings. The first kappa shape index (κ1) is 31.8. The van der Waals surface area contributed by atoms with Crippen LogP contribution in [0.25, 0.3) is 0 Å². The minimum Gasteiger partial charge on any atom is -0.490 e. The van der Waals surface area contributed by atoms with Crippen LogP contribution < -0.4 is 14.8 Å². The number of rotatable bonds is 8. The molecule has 0 saturated heterocycles. The molecule has 2 aromatic carbocycles. The van der Waals surface area contributed by atoms with Gasteiger partial charge in [-0.3, -0.25) is 14.4 Å². The molecule has 0 saturated carbocycles. The zero-order chi connectivity index (χ0) is 32.0. The molecule has 0 fully saturated rings. The summed E-state index contributed by atoms with van der Waals surface area (Å²) in [5, 5.41) is 3.12. The molecule has 1 aliphatic heterocycles. The molecular formula is C36H43ClN2O5. The maximum Gasteiger partial charge on any atom is 0.262 e. The number of anilines is 1. The van der Waals surface area contributed by atoms with E-state index in [1.807, 2.05) is 44.2 Å². The number of benzene rings is 2. The highest BCUT2D eigenvalue weighted by Gasteiger charge is 2.48. The number of ether oxygens (including phenoxy) is 2. The fourth-order valence-corrected chi connectivity index (χ4v) is 7.23. The number of halogens is 1. The molecular weight excluding hydrogens is 576 g/mol. The van der Waals surface area contributed by atoms with Crippen LogP contribution in [0.15, 0.2) is 58.9 Å². The molecule has 1 amide bonds. The number of hydrogen-bond donors (Lipinski definition) is 1. The first-order chi connectivity index (χ1) is 20.7. The Morgan fingerprint density at radius 1 is 0.932 bits per heavy atom. The van der Waals surface area contributed by atoms with E-state index in [0.29, 0.717) is 54.1 Å². The predicted molar refractivity (Wildman–Crippen MR) is 173 cm³/mol. The van der Waals surface area contributed by atoms with E-state index in [0.717, 1.165) is 29.8 Å². The van der Waals surface area contributed by atoms with Crippen molar-refractivity contribution in [2.45, 2.75) is 80.1 Å². The van der Waals surface area contributed by atoms with Crippen LogP contribution >= 0.6 is 11.6 Å². The molecule has 8 heteroatoms. The zero-order valence-electron chi connectivity index (χ0n) is 26.9. The van der Waals surface area contributed by atoms with Crippen molar-refractivity contribution in [3.63, 3.8) is 0 Å². The van der Waals surface area contributed by atoms with Crippen molar-refractivity contribution in [2.75, 3.05) is 25.1 Å². The number of aryl methyl sites for hydroxylation is 1. The molecule has 44 heavy (non-hydrogen) atoms. The van der Waals surface area contributed by atoms with Crippen molar-refractivity contribution >= 4 is 34.8 Å². The Morgan fingerprint density at radius 2 is 1.52 bits per heavy atom. The van der Waals surface area contributed by atoms with Crippen LogP contribution in [0, 0.1) is 17.8 Å². The topological polar surface area (TPSA) is 84.9 Å². The molecule has 2 aliphatic carbocycles. The second-order valence-electron chi connectivity index (χ2n) is 13.7. The SMILES string of the molecule is CCOc1cc(C2C3=C(CC(C)(C)CC3=O)N(CC)C3=C2C(=O)CC(C)(C)C3)cc(Cl)c1OCC(=O)Nc1ccccc1C. The summed E-state index contributed by atoms with van der Waals surface area (Å²) >= 11 is 6.88. The van der Waals surface area contributed by atoms with Crippen molar-refractivity contribution in [1.82, 2.24) is 4.90 Å².